The van der Waals surface area contributed by atoms with Gasteiger partial charge in [0.05, 0.1) is 23.4 Å². The van der Waals surface area contributed by atoms with Crippen LogP contribution in [0.3, 0.4) is 0 Å². The van der Waals surface area contributed by atoms with Gasteiger partial charge in [-0.2, -0.15) is 4.98 Å². The summed E-state index contributed by atoms with van der Waals surface area (Å²) in [6.07, 6.45) is 10.4. The zero-order valence-electron chi connectivity index (χ0n) is 28.9. The van der Waals surface area contributed by atoms with E-state index in [0.29, 0.717) is 47.2 Å². The van der Waals surface area contributed by atoms with Crippen molar-refractivity contribution < 1.29 is 14.4 Å². The Bertz CT molecular complexity index is 1990. The summed E-state index contributed by atoms with van der Waals surface area (Å²) in [7, 11) is 2.16. The quantitative estimate of drug-likeness (QED) is 0.180. The van der Waals surface area contributed by atoms with Gasteiger partial charge in [0.1, 0.15) is 11.5 Å². The number of aromatic nitrogens is 4. The van der Waals surface area contributed by atoms with Gasteiger partial charge in [-0.3, -0.25) is 34.0 Å². The molecule has 12 heteroatoms. The predicted molar refractivity (Wildman–Crippen MR) is 192 cm³/mol. The second-order valence-electron chi connectivity index (χ2n) is 14.0. The van der Waals surface area contributed by atoms with E-state index in [9.17, 15) is 19.2 Å². The van der Waals surface area contributed by atoms with Crippen LogP contribution in [0.15, 0.2) is 53.6 Å². The monoisotopic (exact) mass is 676 g/mol. The lowest BCUT2D eigenvalue weighted by molar-refractivity contribution is -0.134. The molecule has 0 bridgehead atoms. The van der Waals surface area contributed by atoms with E-state index in [1.807, 2.05) is 24.4 Å². The highest BCUT2D eigenvalue weighted by atomic mass is 16.2. The number of carbonyl (C=O) groups excluding carboxylic acids is 3. The number of carbonyl (C=O) groups is 3. The number of anilines is 3. The molecule has 12 nitrogen and oxygen atoms in total. The normalized spacial score (nSPS) is 19.0. The smallest absolute Gasteiger partial charge is 0.263 e. The number of benzene rings is 1. The van der Waals surface area contributed by atoms with E-state index in [1.54, 1.807) is 17.7 Å². The van der Waals surface area contributed by atoms with E-state index in [2.05, 4.69) is 55.6 Å². The van der Waals surface area contributed by atoms with Gasteiger partial charge in [0.15, 0.2) is 5.78 Å². The number of piperidine rings is 2. The molecule has 2 N–H and O–H groups in total. The molecule has 1 saturated carbocycles. The minimum atomic E-state index is -0.275. The molecule has 1 aromatic carbocycles. The van der Waals surface area contributed by atoms with Gasteiger partial charge in [0, 0.05) is 49.7 Å². The number of hydrogen-bond acceptors (Lipinski definition) is 10. The van der Waals surface area contributed by atoms with Gasteiger partial charge in [0.25, 0.3) is 5.56 Å². The van der Waals surface area contributed by atoms with Crippen LogP contribution in [0.5, 0.6) is 0 Å². The lowest BCUT2D eigenvalue weighted by atomic mass is 9.89. The number of aryl methyl sites for hydroxylation is 1. The molecule has 2 amide bonds. The Morgan fingerprint density at radius 3 is 2.48 bits per heavy atom. The number of imide groups is 1. The summed E-state index contributed by atoms with van der Waals surface area (Å²) in [6, 6.07) is 12.6. The van der Waals surface area contributed by atoms with Crippen LogP contribution in [0.4, 0.5) is 17.5 Å². The van der Waals surface area contributed by atoms with Gasteiger partial charge < -0.3 is 10.2 Å². The van der Waals surface area contributed by atoms with Crippen LogP contribution < -0.4 is 21.1 Å². The summed E-state index contributed by atoms with van der Waals surface area (Å²) in [4.78, 5) is 68.7. The van der Waals surface area contributed by atoms with Crippen LogP contribution in [0.1, 0.15) is 97.3 Å². The van der Waals surface area contributed by atoms with Gasteiger partial charge in [-0.1, -0.05) is 37.1 Å². The second-order valence-corrected chi connectivity index (χ2v) is 14.0. The Labute approximate surface area is 291 Å². The molecular formula is C38H44N8O4. The Morgan fingerprint density at radius 1 is 1.00 bits per heavy atom. The number of amides is 2. The highest BCUT2D eigenvalue weighted by Gasteiger charge is 2.29. The highest BCUT2D eigenvalue weighted by Crippen LogP contribution is 2.32. The number of hydrogen-bond donors (Lipinski definition) is 2. The summed E-state index contributed by atoms with van der Waals surface area (Å²) < 4.78 is 1.72. The first kappa shape index (κ1) is 33.5. The zero-order chi connectivity index (χ0) is 34.9. The van der Waals surface area contributed by atoms with Gasteiger partial charge in [-0.25, -0.2) is 9.97 Å². The highest BCUT2D eigenvalue weighted by molar-refractivity contribution is 6.01. The molecule has 1 atom stereocenters. The Morgan fingerprint density at radius 2 is 1.78 bits per heavy atom. The van der Waals surface area contributed by atoms with E-state index >= 15 is 0 Å². The van der Waals surface area contributed by atoms with Crippen LogP contribution >= 0.6 is 0 Å². The lowest BCUT2D eigenvalue weighted by Crippen LogP contribution is -2.43. The third-order valence-corrected chi connectivity index (χ3v) is 10.7. The first-order chi connectivity index (χ1) is 24.2. The van der Waals surface area contributed by atoms with E-state index in [-0.39, 0.29) is 40.7 Å². The molecule has 260 valence electrons. The number of nitrogens with one attached hydrogen (secondary N) is 2. The van der Waals surface area contributed by atoms with Crippen LogP contribution in [0.2, 0.25) is 0 Å². The van der Waals surface area contributed by atoms with Crippen molar-refractivity contribution >= 4 is 46.1 Å². The molecule has 5 heterocycles. The van der Waals surface area contributed by atoms with E-state index in [1.165, 1.54) is 6.92 Å². The number of nitrogens with zero attached hydrogens (tertiary/aromatic N) is 6. The summed E-state index contributed by atoms with van der Waals surface area (Å²) >= 11 is 0. The molecule has 4 aromatic rings. The van der Waals surface area contributed by atoms with Crippen LogP contribution in [-0.2, 0) is 16.1 Å². The molecule has 0 spiro atoms. The number of rotatable bonds is 9. The molecule has 1 aliphatic carbocycles. The summed E-state index contributed by atoms with van der Waals surface area (Å²) in [5.41, 5.74) is 4.31. The fourth-order valence-electron chi connectivity index (χ4n) is 7.97. The first-order valence-electron chi connectivity index (χ1n) is 17.7. The number of Topliss-reactive ketones (excluding diaryl/α,β-unsaturated/α-hetero) is 1. The average molecular weight is 677 g/mol. The minimum absolute atomic E-state index is 0.0176. The summed E-state index contributed by atoms with van der Waals surface area (Å²) in [5.74, 6) is 0.0495. The molecule has 1 unspecified atom stereocenters. The molecule has 3 fully saturated rings. The maximum absolute atomic E-state index is 13.5. The van der Waals surface area contributed by atoms with Crippen LogP contribution in [0.25, 0.3) is 11.0 Å². The predicted octanol–water partition coefficient (Wildman–Crippen LogP) is 5.18. The number of fused-ring (bicyclic) bond motifs is 1. The number of ketones is 1. The molecule has 0 radical (unpaired) electrons. The van der Waals surface area contributed by atoms with Crippen molar-refractivity contribution in [3.8, 4) is 0 Å². The summed E-state index contributed by atoms with van der Waals surface area (Å²) in [6.45, 7) is 5.85. The zero-order valence-corrected chi connectivity index (χ0v) is 28.9. The van der Waals surface area contributed by atoms with Crippen molar-refractivity contribution in [2.45, 2.75) is 89.8 Å². The van der Waals surface area contributed by atoms with Crippen LogP contribution in [0, 0.1) is 6.92 Å². The van der Waals surface area contributed by atoms with Crippen molar-refractivity contribution in [3.63, 3.8) is 0 Å². The van der Waals surface area contributed by atoms with E-state index in [4.69, 9.17) is 4.98 Å². The van der Waals surface area contributed by atoms with E-state index in [0.717, 1.165) is 75.0 Å². The molecule has 2 saturated heterocycles. The molecule has 2 aliphatic heterocycles. The van der Waals surface area contributed by atoms with E-state index < -0.39 is 0 Å². The molecule has 3 aromatic heterocycles. The van der Waals surface area contributed by atoms with Gasteiger partial charge >= 0.3 is 0 Å². The van der Waals surface area contributed by atoms with Gasteiger partial charge in [-0.05, 0) is 81.8 Å². The molecule has 3 aliphatic rings. The Kier molecular flexibility index (Phi) is 9.46. The largest absolute Gasteiger partial charge is 0.370 e. The fourth-order valence-corrected chi connectivity index (χ4v) is 7.97. The van der Waals surface area contributed by atoms with Crippen molar-refractivity contribution in [2.75, 3.05) is 30.4 Å². The SMILES string of the molecule is CC(=O)c1c(C)c2cnc(Nc3ccc(N4CCC(N(C)Cc5cccc(C6CCC(=O)NC6=O)c5)CC4)cn3)nc2n(C2CCCC2)c1=O. The minimum Gasteiger partial charge on any atom is -0.370 e. The van der Waals surface area contributed by atoms with Crippen molar-refractivity contribution in [1.82, 2.24) is 29.7 Å². The Balaban J connectivity index is 0.984. The van der Waals surface area contributed by atoms with Gasteiger partial charge in [0.2, 0.25) is 17.8 Å². The van der Waals surface area contributed by atoms with Crippen LogP contribution in [-0.4, -0.2) is 68.2 Å². The molecule has 50 heavy (non-hydrogen) atoms. The average Bonchev–Trinajstić information content (AvgIpc) is 3.63. The topological polar surface area (TPSA) is 142 Å². The third-order valence-electron chi connectivity index (χ3n) is 10.7. The molecule has 7 rings (SSSR count). The summed E-state index contributed by atoms with van der Waals surface area (Å²) in [5, 5.41) is 6.40. The third kappa shape index (κ3) is 6.76. The maximum Gasteiger partial charge on any atom is 0.263 e. The van der Waals surface area contributed by atoms with Crippen molar-refractivity contribution in [2.24, 2.45) is 0 Å². The van der Waals surface area contributed by atoms with Gasteiger partial charge in [-0.15, -0.1) is 0 Å². The second kappa shape index (κ2) is 14.1. The number of pyridine rings is 2. The fraction of sp³-hybridized carbons (Fsp3) is 0.447. The Hall–Kier alpha value is -4.97. The van der Waals surface area contributed by atoms with Crippen molar-refractivity contribution in [1.29, 1.82) is 0 Å². The standard InChI is InChI=1S/C38H44N8O4/c1-23-31-21-40-38(43-35(31)46(28-9-4-5-10-28)37(50)34(23)24(2)47)41-32-13-11-29(20-39-32)45-17-15-27(16-18-45)44(3)22-25-7-6-8-26(19-25)30-12-14-33(48)42-36(30)49/h6-8,11,13,19-21,27-28,30H,4-5,9-10,12,14-18,22H2,1-3H3,(H,42,48,49)(H,39,40,41,43). The lowest BCUT2D eigenvalue weighted by Gasteiger charge is -2.38. The first-order valence-corrected chi connectivity index (χ1v) is 17.7. The van der Waals surface area contributed by atoms with Crippen molar-refractivity contribution in [3.05, 3.63) is 81.4 Å². The maximum atomic E-state index is 13.5. The molecular weight excluding hydrogens is 632 g/mol.